The van der Waals surface area contributed by atoms with E-state index in [1.54, 1.807) is 23.8 Å². The summed E-state index contributed by atoms with van der Waals surface area (Å²) < 4.78 is 5.87. The minimum Gasteiger partial charge on any atom is -0.460 e. The van der Waals surface area contributed by atoms with Gasteiger partial charge in [0.15, 0.2) is 0 Å². The van der Waals surface area contributed by atoms with Crippen molar-refractivity contribution in [3.8, 4) is 10.6 Å². The molecule has 40 heavy (non-hydrogen) atoms. The molecule has 2 N–H and O–H groups in total. The maximum Gasteiger partial charge on any atom is 0.326 e. The molecule has 9 nitrogen and oxygen atoms in total. The Kier molecular flexibility index (Phi) is 11.2. The van der Waals surface area contributed by atoms with Crippen LogP contribution < -0.4 is 10.6 Å². The second-order valence-corrected chi connectivity index (χ2v) is 12.0. The van der Waals surface area contributed by atoms with Gasteiger partial charge in [0.1, 0.15) is 22.2 Å². The first-order chi connectivity index (χ1) is 19.0. The summed E-state index contributed by atoms with van der Waals surface area (Å²) in [6, 6.07) is 8.75. The monoisotopic (exact) mass is 566 g/mol. The van der Waals surface area contributed by atoms with Crippen molar-refractivity contribution in [2.45, 2.75) is 60.5 Å². The molecule has 0 aliphatic rings. The third kappa shape index (κ3) is 9.38. The van der Waals surface area contributed by atoms with Crippen LogP contribution in [0.15, 0.2) is 48.1 Å². The number of nitrogens with one attached hydrogen (secondary N) is 2. The number of anilines is 2. The van der Waals surface area contributed by atoms with E-state index in [-0.39, 0.29) is 23.7 Å². The fraction of sp³-hybridized carbons (Fsp3) is 0.500. The predicted molar refractivity (Wildman–Crippen MR) is 161 cm³/mol. The molecule has 10 heteroatoms. The van der Waals surface area contributed by atoms with Gasteiger partial charge in [-0.2, -0.15) is 0 Å². The summed E-state index contributed by atoms with van der Waals surface area (Å²) in [7, 11) is 0. The maximum absolute atomic E-state index is 13.5. The number of thiazole rings is 1. The highest BCUT2D eigenvalue weighted by Gasteiger charge is 2.35. The van der Waals surface area contributed by atoms with Gasteiger partial charge in [-0.25, -0.2) is 14.8 Å². The van der Waals surface area contributed by atoms with Crippen molar-refractivity contribution in [3.05, 3.63) is 53.8 Å². The molecule has 0 spiro atoms. The molecule has 0 bridgehead atoms. The molecule has 0 aliphatic carbocycles. The van der Waals surface area contributed by atoms with Crippen LogP contribution in [-0.2, 0) is 16.0 Å². The first kappa shape index (κ1) is 31.2. The zero-order valence-electron chi connectivity index (χ0n) is 24.6. The van der Waals surface area contributed by atoms with Crippen molar-refractivity contribution in [2.75, 3.05) is 30.3 Å². The summed E-state index contributed by atoms with van der Waals surface area (Å²) in [4.78, 5) is 41.7. The molecule has 0 aromatic carbocycles. The second kappa shape index (κ2) is 14.3. The standard InChI is InChI=1S/C30H42N6O3S/c1-8-36(9-2)18-24(20(3)4)23(28(37)39-30(5,6)7)17-22-11-10-12-25(32-22)34-29(38)35-26-19-40-27(33-26)21-13-15-31-16-14-21/h10-16,19-20,23-24H,8-9,17-18H2,1-7H3,(H2,32,34,35,38)/t23-,24?/m0/s1. The fourth-order valence-electron chi connectivity index (χ4n) is 4.48. The number of carbonyl (C=O) groups excluding carboxylic acids is 2. The zero-order valence-corrected chi connectivity index (χ0v) is 25.4. The number of hydrogen-bond acceptors (Lipinski definition) is 8. The van der Waals surface area contributed by atoms with E-state index < -0.39 is 11.6 Å². The van der Waals surface area contributed by atoms with E-state index in [9.17, 15) is 9.59 Å². The van der Waals surface area contributed by atoms with Crippen molar-refractivity contribution < 1.29 is 14.3 Å². The molecule has 3 aromatic heterocycles. The zero-order chi connectivity index (χ0) is 29.3. The van der Waals surface area contributed by atoms with Gasteiger partial charge in [0.05, 0.1) is 5.92 Å². The van der Waals surface area contributed by atoms with Crippen LogP contribution in [0.4, 0.5) is 16.4 Å². The van der Waals surface area contributed by atoms with E-state index in [1.807, 2.05) is 45.0 Å². The summed E-state index contributed by atoms with van der Waals surface area (Å²) >= 11 is 1.43. The summed E-state index contributed by atoms with van der Waals surface area (Å²) in [5.41, 5.74) is 1.06. The van der Waals surface area contributed by atoms with Crippen LogP contribution in [-0.4, -0.2) is 57.1 Å². The van der Waals surface area contributed by atoms with E-state index >= 15 is 0 Å². The molecule has 3 rings (SSSR count). The minimum atomic E-state index is -0.589. The molecular formula is C30H42N6O3S. The van der Waals surface area contributed by atoms with Crippen LogP contribution in [0.1, 0.15) is 54.2 Å². The van der Waals surface area contributed by atoms with Gasteiger partial charge >= 0.3 is 12.0 Å². The van der Waals surface area contributed by atoms with Crippen molar-refractivity contribution in [3.63, 3.8) is 0 Å². The van der Waals surface area contributed by atoms with Crippen molar-refractivity contribution in [1.29, 1.82) is 0 Å². The number of pyridine rings is 2. The van der Waals surface area contributed by atoms with Gasteiger partial charge in [-0.05, 0) is 70.0 Å². The van der Waals surface area contributed by atoms with Gasteiger partial charge in [-0.1, -0.05) is 33.8 Å². The number of aromatic nitrogens is 3. The Morgan fingerprint density at radius 1 is 1.00 bits per heavy atom. The Hall–Kier alpha value is -3.37. The highest BCUT2D eigenvalue weighted by Crippen LogP contribution is 2.29. The number of esters is 1. The Morgan fingerprint density at radius 3 is 2.30 bits per heavy atom. The molecule has 3 heterocycles. The Balaban J connectivity index is 1.74. The molecular weight excluding hydrogens is 524 g/mol. The van der Waals surface area contributed by atoms with E-state index in [0.29, 0.717) is 23.8 Å². The lowest BCUT2D eigenvalue weighted by Crippen LogP contribution is -2.41. The van der Waals surface area contributed by atoms with E-state index in [0.717, 1.165) is 30.2 Å². The Bertz CT molecular complexity index is 1240. The van der Waals surface area contributed by atoms with E-state index in [1.165, 1.54) is 11.3 Å². The Labute approximate surface area is 241 Å². The van der Waals surface area contributed by atoms with Crippen LogP contribution in [0.25, 0.3) is 10.6 Å². The van der Waals surface area contributed by atoms with Crippen LogP contribution in [0.5, 0.6) is 0 Å². The minimum absolute atomic E-state index is 0.0794. The van der Waals surface area contributed by atoms with Gasteiger partial charge < -0.3 is 9.64 Å². The quantitative estimate of drug-likeness (QED) is 0.246. The van der Waals surface area contributed by atoms with Crippen LogP contribution in [0, 0.1) is 17.8 Å². The highest BCUT2D eigenvalue weighted by atomic mass is 32.1. The predicted octanol–water partition coefficient (Wildman–Crippen LogP) is 6.36. The van der Waals surface area contributed by atoms with E-state index in [4.69, 9.17) is 4.74 Å². The number of ether oxygens (including phenoxy) is 1. The average Bonchev–Trinajstić information content (AvgIpc) is 3.36. The van der Waals surface area contributed by atoms with Crippen molar-refractivity contribution >= 4 is 35.0 Å². The lowest BCUT2D eigenvalue weighted by molar-refractivity contribution is -0.163. The molecule has 0 saturated carbocycles. The number of urea groups is 1. The smallest absolute Gasteiger partial charge is 0.326 e. The second-order valence-electron chi connectivity index (χ2n) is 11.1. The summed E-state index contributed by atoms with van der Waals surface area (Å²) in [6.45, 7) is 16.9. The molecule has 3 aromatic rings. The number of amides is 2. The van der Waals surface area contributed by atoms with E-state index in [2.05, 4.69) is 58.2 Å². The van der Waals surface area contributed by atoms with Crippen molar-refractivity contribution in [2.24, 2.45) is 17.8 Å². The molecule has 216 valence electrons. The van der Waals surface area contributed by atoms with Gasteiger partial charge in [0, 0.05) is 42.0 Å². The summed E-state index contributed by atoms with van der Waals surface area (Å²) in [5, 5.41) is 8.13. The normalized spacial score (nSPS) is 13.2. The molecule has 2 amide bonds. The van der Waals surface area contributed by atoms with Crippen LogP contribution in [0.2, 0.25) is 0 Å². The highest BCUT2D eigenvalue weighted by molar-refractivity contribution is 7.13. The van der Waals surface area contributed by atoms with Crippen LogP contribution in [0.3, 0.4) is 0 Å². The number of nitrogens with zero attached hydrogens (tertiary/aromatic N) is 4. The molecule has 0 saturated heterocycles. The topological polar surface area (TPSA) is 109 Å². The summed E-state index contributed by atoms with van der Waals surface area (Å²) in [6.07, 6.45) is 3.82. The molecule has 0 aliphatic heterocycles. The third-order valence-corrected chi connectivity index (χ3v) is 7.49. The van der Waals surface area contributed by atoms with Gasteiger partial charge in [0.25, 0.3) is 0 Å². The largest absolute Gasteiger partial charge is 0.460 e. The number of carbonyl (C=O) groups is 2. The number of rotatable bonds is 12. The van der Waals surface area contributed by atoms with Gasteiger partial charge in [-0.15, -0.1) is 11.3 Å². The number of hydrogen-bond donors (Lipinski definition) is 2. The van der Waals surface area contributed by atoms with Crippen LogP contribution >= 0.6 is 11.3 Å². The van der Waals surface area contributed by atoms with Gasteiger partial charge in [-0.3, -0.25) is 20.4 Å². The van der Waals surface area contributed by atoms with Crippen molar-refractivity contribution in [1.82, 2.24) is 19.9 Å². The molecule has 0 radical (unpaired) electrons. The lowest BCUT2D eigenvalue weighted by Gasteiger charge is -2.34. The summed E-state index contributed by atoms with van der Waals surface area (Å²) in [5.74, 6) is 0.595. The third-order valence-electron chi connectivity index (χ3n) is 6.60. The SMILES string of the molecule is CCN(CC)CC(C(C)C)[C@H](Cc1cccc(NC(=O)Nc2csc(-c3ccncc3)n2)n1)C(=O)OC(C)(C)C. The average molecular weight is 567 g/mol. The first-order valence-corrected chi connectivity index (χ1v) is 14.7. The molecule has 2 atom stereocenters. The van der Waals surface area contributed by atoms with Gasteiger partial charge in [0.2, 0.25) is 0 Å². The fourth-order valence-corrected chi connectivity index (χ4v) is 5.24. The lowest BCUT2D eigenvalue weighted by atomic mass is 9.80. The molecule has 1 unspecified atom stereocenters. The maximum atomic E-state index is 13.5. The Morgan fingerprint density at radius 2 is 1.68 bits per heavy atom. The molecule has 0 fully saturated rings. The first-order valence-electron chi connectivity index (χ1n) is 13.8.